The number of likely N-dealkylation sites (N-methyl/N-ethyl adjacent to an activating group) is 1. The summed E-state index contributed by atoms with van der Waals surface area (Å²) in [5, 5.41) is 8.23. The first-order valence-electron chi connectivity index (χ1n) is 3.04. The van der Waals surface area contributed by atoms with Crippen LogP contribution >= 0.6 is 0 Å². The van der Waals surface area contributed by atoms with E-state index >= 15 is 0 Å². The van der Waals surface area contributed by atoms with Crippen LogP contribution in [0.2, 0.25) is 0 Å². The third-order valence-electron chi connectivity index (χ3n) is 1.13. The molecule has 0 fully saturated rings. The molecule has 3 heteroatoms. The minimum Gasteiger partial charge on any atom is -0.326 e. The van der Waals surface area contributed by atoms with Gasteiger partial charge in [0.15, 0.2) is 0 Å². The van der Waals surface area contributed by atoms with Crippen molar-refractivity contribution in [3.63, 3.8) is 0 Å². The Morgan fingerprint density at radius 3 is 2.80 bits per heavy atom. The van der Waals surface area contributed by atoms with Crippen molar-refractivity contribution in [3.8, 4) is 6.07 Å². The zero-order chi connectivity index (χ0) is 7.98. The first kappa shape index (κ1) is 8.70. The van der Waals surface area contributed by atoms with E-state index in [4.69, 9.17) is 5.26 Å². The summed E-state index contributed by atoms with van der Waals surface area (Å²) in [4.78, 5) is 12.2. The molecule has 10 heavy (non-hydrogen) atoms. The molecule has 54 valence electrons. The van der Waals surface area contributed by atoms with Crippen molar-refractivity contribution in [2.24, 2.45) is 0 Å². The zero-order valence-corrected chi connectivity index (χ0v) is 6.00. The van der Waals surface area contributed by atoms with Crippen molar-refractivity contribution >= 4 is 5.91 Å². The van der Waals surface area contributed by atoms with Crippen molar-refractivity contribution < 1.29 is 4.79 Å². The molecular formula is C7H10N2O. The van der Waals surface area contributed by atoms with Gasteiger partial charge in [0, 0.05) is 6.54 Å². The Hall–Kier alpha value is -1.30. The first-order valence-corrected chi connectivity index (χ1v) is 3.04. The van der Waals surface area contributed by atoms with E-state index in [1.807, 2.05) is 13.0 Å². The second-order valence-electron chi connectivity index (χ2n) is 1.71. The molecule has 0 spiro atoms. The van der Waals surface area contributed by atoms with Crippen LogP contribution in [0.3, 0.4) is 0 Å². The molecule has 0 aliphatic heterocycles. The highest BCUT2D eigenvalue weighted by Gasteiger charge is 2.04. The van der Waals surface area contributed by atoms with Crippen LogP contribution in [0.4, 0.5) is 0 Å². The standard InChI is InChI=1S/C7H10N2O/c1-3-7(10)9(4-2)6-5-8/h3H,1,4,6H2,2H3. The topological polar surface area (TPSA) is 44.1 Å². The van der Waals surface area contributed by atoms with Crippen LogP contribution in [-0.2, 0) is 4.79 Å². The molecule has 0 aromatic heterocycles. The number of amides is 1. The van der Waals surface area contributed by atoms with Crippen molar-refractivity contribution in [1.82, 2.24) is 4.90 Å². The summed E-state index contributed by atoms with van der Waals surface area (Å²) in [7, 11) is 0. The maximum absolute atomic E-state index is 10.8. The van der Waals surface area contributed by atoms with Gasteiger partial charge in [-0.15, -0.1) is 0 Å². The molecule has 0 bridgehead atoms. The van der Waals surface area contributed by atoms with Gasteiger partial charge in [0.2, 0.25) is 5.91 Å². The van der Waals surface area contributed by atoms with Crippen LogP contribution in [0.15, 0.2) is 12.7 Å². The SMILES string of the molecule is C=CC(=O)N(CC)CC#N. The van der Waals surface area contributed by atoms with Crippen LogP contribution in [0.25, 0.3) is 0 Å². The lowest BCUT2D eigenvalue weighted by Crippen LogP contribution is -2.29. The fraction of sp³-hybridized carbons (Fsp3) is 0.429. The van der Waals surface area contributed by atoms with Crippen LogP contribution in [0.1, 0.15) is 6.92 Å². The third kappa shape index (κ3) is 2.31. The lowest BCUT2D eigenvalue weighted by molar-refractivity contribution is -0.125. The van der Waals surface area contributed by atoms with E-state index in [0.717, 1.165) is 0 Å². The zero-order valence-electron chi connectivity index (χ0n) is 6.00. The lowest BCUT2D eigenvalue weighted by Gasteiger charge is -2.13. The summed E-state index contributed by atoms with van der Waals surface area (Å²) in [6.07, 6.45) is 1.21. The Morgan fingerprint density at radius 2 is 2.50 bits per heavy atom. The molecule has 0 heterocycles. The fourth-order valence-corrected chi connectivity index (χ4v) is 0.560. The van der Waals surface area contributed by atoms with E-state index in [1.54, 1.807) is 0 Å². The van der Waals surface area contributed by atoms with Gasteiger partial charge >= 0.3 is 0 Å². The third-order valence-corrected chi connectivity index (χ3v) is 1.13. The van der Waals surface area contributed by atoms with Gasteiger partial charge in [-0.25, -0.2) is 0 Å². The van der Waals surface area contributed by atoms with Gasteiger partial charge in [-0.2, -0.15) is 5.26 Å². The van der Waals surface area contributed by atoms with Crippen molar-refractivity contribution in [3.05, 3.63) is 12.7 Å². The molecule has 0 unspecified atom stereocenters. The fourth-order valence-electron chi connectivity index (χ4n) is 0.560. The van der Waals surface area contributed by atoms with Gasteiger partial charge in [-0.3, -0.25) is 4.79 Å². The second kappa shape index (κ2) is 4.57. The highest BCUT2D eigenvalue weighted by molar-refractivity contribution is 5.87. The van der Waals surface area contributed by atoms with E-state index in [9.17, 15) is 4.79 Å². The molecule has 0 N–H and O–H groups in total. The van der Waals surface area contributed by atoms with Crippen molar-refractivity contribution in [1.29, 1.82) is 5.26 Å². The number of rotatable bonds is 3. The maximum atomic E-state index is 10.8. The Balaban J connectivity index is 3.95. The normalized spacial score (nSPS) is 8.00. The Morgan fingerprint density at radius 1 is 1.90 bits per heavy atom. The van der Waals surface area contributed by atoms with Crippen molar-refractivity contribution in [2.75, 3.05) is 13.1 Å². The molecule has 0 radical (unpaired) electrons. The smallest absolute Gasteiger partial charge is 0.246 e. The Bertz CT molecular complexity index is 169. The van der Waals surface area contributed by atoms with E-state index in [1.165, 1.54) is 11.0 Å². The van der Waals surface area contributed by atoms with Gasteiger partial charge in [0.25, 0.3) is 0 Å². The molecule has 0 aliphatic rings. The van der Waals surface area contributed by atoms with Gasteiger partial charge in [-0.1, -0.05) is 6.58 Å². The molecule has 0 saturated heterocycles. The minimum atomic E-state index is -0.191. The summed E-state index contributed by atoms with van der Waals surface area (Å²) in [6.45, 7) is 5.82. The molecule has 0 atom stereocenters. The van der Waals surface area contributed by atoms with Gasteiger partial charge in [0.1, 0.15) is 6.54 Å². The summed E-state index contributed by atoms with van der Waals surface area (Å²) in [5.74, 6) is -0.191. The van der Waals surface area contributed by atoms with Gasteiger partial charge in [-0.05, 0) is 13.0 Å². The molecule has 0 aromatic carbocycles. The minimum absolute atomic E-state index is 0.140. The first-order chi connectivity index (χ1) is 4.76. The Labute approximate surface area is 60.6 Å². The van der Waals surface area contributed by atoms with E-state index in [2.05, 4.69) is 6.58 Å². The summed E-state index contributed by atoms with van der Waals surface area (Å²) >= 11 is 0. The predicted octanol–water partition coefficient (Wildman–Crippen LogP) is 0.544. The van der Waals surface area contributed by atoms with E-state index < -0.39 is 0 Å². The van der Waals surface area contributed by atoms with Crippen LogP contribution in [0.5, 0.6) is 0 Å². The maximum Gasteiger partial charge on any atom is 0.246 e. The molecule has 3 nitrogen and oxygen atoms in total. The molecule has 0 saturated carbocycles. The number of carbonyl (C=O) groups excluding carboxylic acids is 1. The lowest BCUT2D eigenvalue weighted by atomic mass is 10.4. The van der Waals surface area contributed by atoms with Crippen LogP contribution in [-0.4, -0.2) is 23.9 Å². The number of hydrogen-bond donors (Lipinski definition) is 0. The summed E-state index contributed by atoms with van der Waals surface area (Å²) in [5.41, 5.74) is 0. The average molecular weight is 138 g/mol. The predicted molar refractivity (Wildman–Crippen MR) is 38.1 cm³/mol. The molecular weight excluding hydrogens is 128 g/mol. The van der Waals surface area contributed by atoms with Crippen LogP contribution < -0.4 is 0 Å². The number of nitrogens with zero attached hydrogens (tertiary/aromatic N) is 2. The monoisotopic (exact) mass is 138 g/mol. The number of nitriles is 1. The van der Waals surface area contributed by atoms with E-state index in [-0.39, 0.29) is 12.5 Å². The summed E-state index contributed by atoms with van der Waals surface area (Å²) in [6, 6.07) is 1.89. The second-order valence-corrected chi connectivity index (χ2v) is 1.71. The van der Waals surface area contributed by atoms with Crippen LogP contribution in [0, 0.1) is 11.3 Å². The molecule has 1 amide bonds. The van der Waals surface area contributed by atoms with Gasteiger partial charge in [0.05, 0.1) is 6.07 Å². The molecule has 0 rings (SSSR count). The van der Waals surface area contributed by atoms with E-state index in [0.29, 0.717) is 6.54 Å². The largest absolute Gasteiger partial charge is 0.326 e. The molecule has 0 aromatic rings. The molecule has 0 aliphatic carbocycles. The average Bonchev–Trinajstić information content (AvgIpc) is 1.99. The number of hydrogen-bond acceptors (Lipinski definition) is 2. The van der Waals surface area contributed by atoms with Crippen molar-refractivity contribution in [2.45, 2.75) is 6.92 Å². The summed E-state index contributed by atoms with van der Waals surface area (Å²) < 4.78 is 0. The van der Waals surface area contributed by atoms with Gasteiger partial charge < -0.3 is 4.90 Å². The quantitative estimate of drug-likeness (QED) is 0.422. The Kier molecular flexibility index (Phi) is 3.97. The highest BCUT2D eigenvalue weighted by atomic mass is 16.2. The highest BCUT2D eigenvalue weighted by Crippen LogP contribution is 1.87. The number of carbonyl (C=O) groups is 1.